The molecule has 1 fully saturated rings. The van der Waals surface area contributed by atoms with Crippen LogP contribution in [0.3, 0.4) is 0 Å². The highest BCUT2D eigenvalue weighted by Crippen LogP contribution is 2.21. The Balaban J connectivity index is 1.66. The molecule has 0 saturated carbocycles. The molecule has 0 amide bonds. The van der Waals surface area contributed by atoms with Gasteiger partial charge in [-0.15, -0.1) is 0 Å². The van der Waals surface area contributed by atoms with Crippen LogP contribution in [0.15, 0.2) is 24.3 Å². The summed E-state index contributed by atoms with van der Waals surface area (Å²) in [6.07, 6.45) is 3.31. The van der Waals surface area contributed by atoms with Crippen molar-refractivity contribution < 1.29 is 14.2 Å². The quantitative estimate of drug-likeness (QED) is 0.777. The number of aliphatic hydroxyl groups is 1. The first-order chi connectivity index (χ1) is 9.78. The van der Waals surface area contributed by atoms with Gasteiger partial charge in [0, 0.05) is 6.54 Å². The monoisotopic (exact) mass is 281 g/mol. The van der Waals surface area contributed by atoms with Crippen molar-refractivity contribution in [3.05, 3.63) is 35.6 Å². The van der Waals surface area contributed by atoms with Crippen molar-refractivity contribution in [3.8, 4) is 0 Å². The number of benzene rings is 1. The molecule has 4 heteroatoms. The molecule has 0 aromatic heterocycles. The molecule has 0 aliphatic carbocycles. The first-order valence-electron chi connectivity index (χ1n) is 7.43. The molecule has 0 atom stereocenters. The fourth-order valence-electron chi connectivity index (χ4n) is 2.77. The van der Waals surface area contributed by atoms with Crippen LogP contribution in [0.25, 0.3) is 0 Å². The molecular weight excluding hydrogens is 257 g/mol. The summed E-state index contributed by atoms with van der Waals surface area (Å²) < 4.78 is 18.4. The van der Waals surface area contributed by atoms with E-state index in [2.05, 4.69) is 4.90 Å². The number of piperidine rings is 1. The molecule has 0 bridgehead atoms. The van der Waals surface area contributed by atoms with Gasteiger partial charge in [0.25, 0.3) is 0 Å². The smallest absolute Gasteiger partial charge is 0.123 e. The van der Waals surface area contributed by atoms with Gasteiger partial charge in [0.1, 0.15) is 5.82 Å². The van der Waals surface area contributed by atoms with E-state index in [0.717, 1.165) is 44.5 Å². The number of aliphatic hydroxyl groups excluding tert-OH is 1. The third-order valence-electron chi connectivity index (χ3n) is 3.91. The van der Waals surface area contributed by atoms with Crippen molar-refractivity contribution in [2.75, 3.05) is 39.5 Å². The van der Waals surface area contributed by atoms with Crippen molar-refractivity contribution in [1.29, 1.82) is 0 Å². The van der Waals surface area contributed by atoms with Crippen molar-refractivity contribution in [2.45, 2.75) is 19.3 Å². The summed E-state index contributed by atoms with van der Waals surface area (Å²) in [6, 6.07) is 6.95. The van der Waals surface area contributed by atoms with Crippen molar-refractivity contribution in [3.63, 3.8) is 0 Å². The van der Waals surface area contributed by atoms with Crippen LogP contribution < -0.4 is 0 Å². The molecule has 1 aromatic carbocycles. The van der Waals surface area contributed by atoms with Crippen LogP contribution in [0, 0.1) is 11.7 Å². The van der Waals surface area contributed by atoms with E-state index in [-0.39, 0.29) is 12.4 Å². The normalized spacial score (nSPS) is 17.5. The summed E-state index contributed by atoms with van der Waals surface area (Å²) in [5.74, 6) is 0.521. The molecule has 1 saturated heterocycles. The second-order valence-electron chi connectivity index (χ2n) is 5.46. The van der Waals surface area contributed by atoms with E-state index < -0.39 is 0 Å². The largest absolute Gasteiger partial charge is 0.394 e. The van der Waals surface area contributed by atoms with Crippen LogP contribution >= 0.6 is 0 Å². The van der Waals surface area contributed by atoms with Gasteiger partial charge >= 0.3 is 0 Å². The molecule has 1 aliphatic heterocycles. The molecular formula is C16H24FNO2. The average molecular weight is 281 g/mol. The first-order valence-corrected chi connectivity index (χ1v) is 7.43. The summed E-state index contributed by atoms with van der Waals surface area (Å²) in [6.45, 7) is 4.32. The third-order valence-corrected chi connectivity index (χ3v) is 3.91. The topological polar surface area (TPSA) is 32.7 Å². The Labute approximate surface area is 120 Å². The van der Waals surface area contributed by atoms with Crippen LogP contribution in [0.2, 0.25) is 0 Å². The maximum Gasteiger partial charge on any atom is 0.123 e. The Morgan fingerprint density at radius 1 is 1.25 bits per heavy atom. The molecule has 3 nitrogen and oxygen atoms in total. The lowest BCUT2D eigenvalue weighted by Crippen LogP contribution is -2.36. The highest BCUT2D eigenvalue weighted by atomic mass is 19.1. The van der Waals surface area contributed by atoms with Gasteiger partial charge < -0.3 is 14.7 Å². The van der Waals surface area contributed by atoms with E-state index in [1.54, 1.807) is 12.1 Å². The number of nitrogens with zero attached hydrogens (tertiary/aromatic N) is 1. The zero-order valence-electron chi connectivity index (χ0n) is 11.9. The first kappa shape index (κ1) is 15.4. The molecule has 112 valence electrons. The van der Waals surface area contributed by atoms with Gasteiger partial charge in [0.15, 0.2) is 0 Å². The zero-order chi connectivity index (χ0) is 14.2. The second-order valence-corrected chi connectivity index (χ2v) is 5.46. The number of ether oxygens (including phenoxy) is 1. The predicted octanol–water partition coefficient (Wildman–Crippen LogP) is 2.09. The van der Waals surface area contributed by atoms with Gasteiger partial charge in [-0.1, -0.05) is 12.1 Å². The zero-order valence-corrected chi connectivity index (χ0v) is 11.9. The molecule has 20 heavy (non-hydrogen) atoms. The van der Waals surface area contributed by atoms with E-state index in [0.29, 0.717) is 19.1 Å². The van der Waals surface area contributed by atoms with E-state index in [1.807, 2.05) is 6.07 Å². The van der Waals surface area contributed by atoms with Gasteiger partial charge in [-0.3, -0.25) is 0 Å². The number of hydrogen-bond donors (Lipinski definition) is 1. The van der Waals surface area contributed by atoms with Crippen molar-refractivity contribution in [2.24, 2.45) is 5.92 Å². The number of hydrogen-bond acceptors (Lipinski definition) is 3. The highest BCUT2D eigenvalue weighted by molar-refractivity contribution is 5.16. The van der Waals surface area contributed by atoms with Crippen molar-refractivity contribution in [1.82, 2.24) is 4.90 Å². The molecule has 1 aliphatic rings. The van der Waals surface area contributed by atoms with Gasteiger partial charge in [-0.25, -0.2) is 4.39 Å². The summed E-state index contributed by atoms with van der Waals surface area (Å²) in [7, 11) is 0. The molecule has 1 aromatic rings. The Bertz CT molecular complexity index is 392. The maximum atomic E-state index is 13.1. The lowest BCUT2D eigenvalue weighted by molar-refractivity contribution is 0.0648. The van der Waals surface area contributed by atoms with Crippen molar-refractivity contribution >= 4 is 0 Å². The number of likely N-dealkylation sites (tertiary alicyclic amines) is 1. The molecule has 0 spiro atoms. The molecule has 1 N–H and O–H groups in total. The predicted molar refractivity (Wildman–Crippen MR) is 77.2 cm³/mol. The van der Waals surface area contributed by atoms with Crippen LogP contribution in [0.5, 0.6) is 0 Å². The van der Waals surface area contributed by atoms with Crippen LogP contribution in [0.4, 0.5) is 4.39 Å². The summed E-state index contributed by atoms with van der Waals surface area (Å²) >= 11 is 0. The Morgan fingerprint density at radius 3 is 2.75 bits per heavy atom. The second kappa shape index (κ2) is 8.35. The Hall–Kier alpha value is -0.970. The standard InChI is InChI=1S/C16H24FNO2/c17-16-3-1-2-15(13-16)12-14-4-6-18(7-5-14)8-10-20-11-9-19/h1-3,13-14,19H,4-12H2. The van der Waals surface area contributed by atoms with Crippen LogP contribution in [0.1, 0.15) is 18.4 Å². The minimum Gasteiger partial charge on any atom is -0.394 e. The summed E-state index contributed by atoms with van der Waals surface area (Å²) in [4.78, 5) is 2.40. The number of rotatable bonds is 7. The van der Waals surface area contributed by atoms with E-state index in [4.69, 9.17) is 9.84 Å². The molecule has 0 radical (unpaired) electrons. The minimum absolute atomic E-state index is 0.0930. The summed E-state index contributed by atoms with van der Waals surface area (Å²) in [5.41, 5.74) is 1.11. The Kier molecular flexibility index (Phi) is 6.43. The molecule has 1 heterocycles. The average Bonchev–Trinajstić information content (AvgIpc) is 2.45. The van der Waals surface area contributed by atoms with Gasteiger partial charge in [0.05, 0.1) is 19.8 Å². The van der Waals surface area contributed by atoms with Gasteiger partial charge in [0.2, 0.25) is 0 Å². The van der Waals surface area contributed by atoms with E-state index in [1.165, 1.54) is 6.07 Å². The lowest BCUT2D eigenvalue weighted by atomic mass is 9.90. The fourth-order valence-corrected chi connectivity index (χ4v) is 2.77. The SMILES string of the molecule is OCCOCCN1CCC(Cc2cccc(F)c2)CC1. The fraction of sp³-hybridized carbons (Fsp3) is 0.625. The minimum atomic E-state index is -0.138. The molecule has 2 rings (SSSR count). The maximum absolute atomic E-state index is 13.1. The summed E-state index contributed by atoms with van der Waals surface area (Å²) in [5, 5.41) is 8.63. The lowest BCUT2D eigenvalue weighted by Gasteiger charge is -2.31. The van der Waals surface area contributed by atoms with E-state index >= 15 is 0 Å². The third kappa shape index (κ3) is 5.19. The van der Waals surface area contributed by atoms with Gasteiger partial charge in [-0.05, 0) is 56.0 Å². The highest BCUT2D eigenvalue weighted by Gasteiger charge is 2.19. The molecule has 0 unspecified atom stereocenters. The number of halogens is 1. The van der Waals surface area contributed by atoms with Crippen LogP contribution in [-0.2, 0) is 11.2 Å². The van der Waals surface area contributed by atoms with E-state index in [9.17, 15) is 4.39 Å². The van der Waals surface area contributed by atoms with Crippen LogP contribution in [-0.4, -0.2) is 49.5 Å². The Morgan fingerprint density at radius 2 is 2.05 bits per heavy atom. The van der Waals surface area contributed by atoms with Gasteiger partial charge in [-0.2, -0.15) is 0 Å².